The lowest BCUT2D eigenvalue weighted by atomic mass is 9.82. The molecule has 3 rings (SSSR count). The highest BCUT2D eigenvalue weighted by Crippen LogP contribution is 2.47. The Morgan fingerprint density at radius 2 is 2.07 bits per heavy atom. The van der Waals surface area contributed by atoms with Gasteiger partial charge < -0.3 is 20.3 Å². The van der Waals surface area contributed by atoms with Gasteiger partial charge in [0.15, 0.2) is 5.54 Å². The number of fused-ring (bicyclic) bond motifs is 1. The van der Waals surface area contributed by atoms with E-state index < -0.39 is 47.1 Å². The minimum atomic E-state index is -1.75. The summed E-state index contributed by atoms with van der Waals surface area (Å²) in [5, 5.41) is 22.4. The fourth-order valence-corrected chi connectivity index (χ4v) is 5.57. The first-order valence-corrected chi connectivity index (χ1v) is 10.7. The van der Waals surface area contributed by atoms with Gasteiger partial charge in [-0.1, -0.05) is 6.07 Å². The Morgan fingerprint density at radius 1 is 1.33 bits per heavy atom. The molecule has 0 aromatic carbocycles. The molecule has 3 heterocycles. The number of carbonyl (C=O) groups is 5. The molecular formula is C18H18N2O8S2. The molecule has 1 aromatic rings. The number of ether oxygens (including phenoxy) is 1. The lowest BCUT2D eigenvalue weighted by molar-refractivity contribution is -0.163. The van der Waals surface area contributed by atoms with Gasteiger partial charge in [0.25, 0.3) is 5.91 Å². The molecule has 0 radical (unpaired) electrons. The second-order valence-electron chi connectivity index (χ2n) is 6.72. The number of hydrogen-bond acceptors (Lipinski definition) is 8. The summed E-state index contributed by atoms with van der Waals surface area (Å²) in [5.41, 5.74) is -1.88. The van der Waals surface area contributed by atoms with Crippen molar-refractivity contribution in [1.82, 2.24) is 10.2 Å². The van der Waals surface area contributed by atoms with Crippen LogP contribution in [0.15, 0.2) is 28.8 Å². The number of nitrogens with one attached hydrogen (secondary N) is 1. The van der Waals surface area contributed by atoms with Crippen molar-refractivity contribution in [2.45, 2.75) is 30.7 Å². The average molecular weight is 454 g/mol. The summed E-state index contributed by atoms with van der Waals surface area (Å²) in [4.78, 5) is 61.6. The summed E-state index contributed by atoms with van der Waals surface area (Å²) in [6.07, 6.45) is -0.703. The molecule has 0 spiro atoms. The highest BCUT2D eigenvalue weighted by Gasteiger charge is 2.66. The second kappa shape index (κ2) is 8.48. The van der Waals surface area contributed by atoms with Crippen molar-refractivity contribution in [3.05, 3.63) is 33.7 Å². The zero-order valence-corrected chi connectivity index (χ0v) is 17.4. The number of nitrogens with zero attached hydrogens (tertiary/aromatic N) is 1. The van der Waals surface area contributed by atoms with Gasteiger partial charge in [-0.05, 0) is 11.4 Å². The van der Waals surface area contributed by atoms with Gasteiger partial charge in [-0.2, -0.15) is 0 Å². The second-order valence-corrected chi connectivity index (χ2v) is 8.82. The van der Waals surface area contributed by atoms with E-state index in [2.05, 4.69) is 5.32 Å². The van der Waals surface area contributed by atoms with E-state index in [1.54, 1.807) is 17.5 Å². The van der Waals surface area contributed by atoms with Crippen LogP contribution < -0.4 is 5.32 Å². The van der Waals surface area contributed by atoms with Crippen LogP contribution in [0.3, 0.4) is 0 Å². The number of amides is 2. The maximum absolute atomic E-state index is 13.0. The Kier molecular flexibility index (Phi) is 6.17. The van der Waals surface area contributed by atoms with Crippen LogP contribution in [0.1, 0.15) is 18.2 Å². The van der Waals surface area contributed by atoms with E-state index in [1.165, 1.54) is 18.3 Å². The van der Waals surface area contributed by atoms with Crippen LogP contribution in [-0.4, -0.2) is 68.1 Å². The monoisotopic (exact) mass is 454 g/mol. The van der Waals surface area contributed by atoms with Gasteiger partial charge in [0, 0.05) is 23.1 Å². The molecule has 160 valence electrons. The van der Waals surface area contributed by atoms with Crippen LogP contribution in [0, 0.1) is 0 Å². The lowest BCUT2D eigenvalue weighted by Gasteiger charge is -2.56. The number of hydrogen-bond donors (Lipinski definition) is 3. The summed E-state index contributed by atoms with van der Waals surface area (Å²) >= 11 is 2.46. The predicted molar refractivity (Wildman–Crippen MR) is 106 cm³/mol. The van der Waals surface area contributed by atoms with Crippen LogP contribution in [0.25, 0.3) is 0 Å². The Hall–Kier alpha value is -2.86. The molecule has 0 aliphatic carbocycles. The normalized spacial score (nSPS) is 22.8. The van der Waals surface area contributed by atoms with Crippen LogP contribution >= 0.6 is 23.1 Å². The van der Waals surface area contributed by atoms with Crippen molar-refractivity contribution in [3.8, 4) is 0 Å². The zero-order valence-electron chi connectivity index (χ0n) is 15.7. The number of esters is 1. The van der Waals surface area contributed by atoms with Gasteiger partial charge in [-0.15, -0.1) is 23.1 Å². The summed E-state index contributed by atoms with van der Waals surface area (Å²) in [6.45, 7) is 0.882. The van der Waals surface area contributed by atoms with Crippen molar-refractivity contribution >= 4 is 52.8 Å². The number of β-lactam (4-membered cyclic amide) rings is 1. The van der Waals surface area contributed by atoms with Crippen LogP contribution in [0.5, 0.6) is 0 Å². The molecule has 10 nitrogen and oxygen atoms in total. The number of aliphatic carboxylic acids is 2. The van der Waals surface area contributed by atoms with E-state index in [1.807, 2.05) is 0 Å². The standard InChI is InChI=1S/C18H18N2O8S2/c1-9(21)28-7-10-8-30-17-18(6-13(23)24,16(27)20(17)14(10)15(25)26)19-12(22)5-11-3-2-4-29-11/h2-4,17H,5-8H2,1H3,(H,19,22)(H,23,24)(H,25,26)/t17-,18-/m1/s1. The quantitative estimate of drug-likeness (QED) is 0.375. The molecule has 30 heavy (non-hydrogen) atoms. The molecule has 2 aliphatic rings. The molecule has 1 fully saturated rings. The van der Waals surface area contributed by atoms with Gasteiger partial charge >= 0.3 is 17.9 Å². The fraction of sp³-hybridized carbons (Fsp3) is 0.389. The maximum Gasteiger partial charge on any atom is 0.352 e. The minimum Gasteiger partial charge on any atom is -0.481 e. The maximum atomic E-state index is 13.0. The molecule has 12 heteroatoms. The molecule has 0 bridgehead atoms. The zero-order chi connectivity index (χ0) is 22.1. The van der Waals surface area contributed by atoms with E-state index in [0.29, 0.717) is 0 Å². The predicted octanol–water partition coefficient (Wildman–Crippen LogP) is 0.437. The SMILES string of the molecule is CC(=O)OCC1=C(C(=O)O)N2C(=O)[C@@](CC(=O)O)(NC(=O)Cc3cccs3)[C@H]2SC1. The molecule has 0 unspecified atom stereocenters. The average Bonchev–Trinajstić information content (AvgIpc) is 3.16. The van der Waals surface area contributed by atoms with Gasteiger partial charge in [-0.3, -0.25) is 24.1 Å². The molecular weight excluding hydrogens is 436 g/mol. The number of rotatable bonds is 8. The lowest BCUT2D eigenvalue weighted by Crippen LogP contribution is -2.80. The fourth-order valence-electron chi connectivity index (χ4n) is 3.41. The third-order valence-electron chi connectivity index (χ3n) is 4.61. The van der Waals surface area contributed by atoms with Crippen molar-refractivity contribution in [2.75, 3.05) is 12.4 Å². The Labute approximate surface area is 178 Å². The third kappa shape index (κ3) is 4.05. The summed E-state index contributed by atoms with van der Waals surface area (Å²) in [6, 6.07) is 3.51. The first kappa shape index (κ1) is 21.8. The highest BCUT2D eigenvalue weighted by atomic mass is 32.2. The molecule has 1 aromatic heterocycles. The van der Waals surface area contributed by atoms with E-state index >= 15 is 0 Å². The summed E-state index contributed by atoms with van der Waals surface area (Å²) in [7, 11) is 0. The van der Waals surface area contributed by atoms with Crippen molar-refractivity contribution in [3.63, 3.8) is 0 Å². The number of thiophene rings is 1. The number of carboxylic acids is 2. The van der Waals surface area contributed by atoms with E-state index in [-0.39, 0.29) is 30.1 Å². The Balaban J connectivity index is 1.88. The first-order valence-electron chi connectivity index (χ1n) is 8.75. The first-order chi connectivity index (χ1) is 14.2. The van der Waals surface area contributed by atoms with Gasteiger partial charge in [0.1, 0.15) is 17.7 Å². The topological polar surface area (TPSA) is 150 Å². The largest absolute Gasteiger partial charge is 0.481 e. The Morgan fingerprint density at radius 3 is 2.63 bits per heavy atom. The van der Waals surface area contributed by atoms with Crippen LogP contribution in [0.2, 0.25) is 0 Å². The smallest absolute Gasteiger partial charge is 0.352 e. The molecule has 2 aliphatic heterocycles. The molecule has 3 N–H and O–H groups in total. The minimum absolute atomic E-state index is 0.0248. The van der Waals surface area contributed by atoms with Gasteiger partial charge in [0.05, 0.1) is 12.8 Å². The van der Waals surface area contributed by atoms with E-state index in [4.69, 9.17) is 4.74 Å². The van der Waals surface area contributed by atoms with Crippen LogP contribution in [0.4, 0.5) is 0 Å². The van der Waals surface area contributed by atoms with Crippen molar-refractivity contribution < 1.29 is 38.9 Å². The highest BCUT2D eigenvalue weighted by molar-refractivity contribution is 8.00. The Bertz CT molecular complexity index is 942. The van der Waals surface area contributed by atoms with Crippen molar-refractivity contribution in [2.24, 2.45) is 0 Å². The molecule has 2 atom stereocenters. The van der Waals surface area contributed by atoms with E-state index in [9.17, 15) is 34.2 Å². The molecule has 1 saturated heterocycles. The summed E-state index contributed by atoms with van der Waals surface area (Å²) < 4.78 is 4.87. The summed E-state index contributed by atoms with van der Waals surface area (Å²) in [5.74, 6) is -4.55. The number of thioether (sulfide) groups is 1. The molecule has 0 saturated carbocycles. The number of carbonyl (C=O) groups excluding carboxylic acids is 3. The van der Waals surface area contributed by atoms with Gasteiger partial charge in [-0.25, -0.2) is 4.79 Å². The molecule has 2 amide bonds. The van der Waals surface area contributed by atoms with Crippen molar-refractivity contribution in [1.29, 1.82) is 0 Å². The van der Waals surface area contributed by atoms with E-state index in [0.717, 1.165) is 21.5 Å². The van der Waals surface area contributed by atoms with Crippen LogP contribution in [-0.2, 0) is 35.1 Å². The third-order valence-corrected chi connectivity index (χ3v) is 6.93. The van der Waals surface area contributed by atoms with Gasteiger partial charge in [0.2, 0.25) is 5.91 Å². The number of carboxylic acid groups (broad SMARTS) is 2.